The van der Waals surface area contributed by atoms with Crippen molar-refractivity contribution in [2.75, 3.05) is 17.2 Å². The number of aromatic nitrogens is 2. The summed E-state index contributed by atoms with van der Waals surface area (Å²) in [5.41, 5.74) is 16.7. The van der Waals surface area contributed by atoms with Crippen molar-refractivity contribution < 1.29 is 9.31 Å². The van der Waals surface area contributed by atoms with E-state index in [0.29, 0.717) is 5.59 Å². The molecule has 8 heteroatoms. The van der Waals surface area contributed by atoms with Gasteiger partial charge in [-0.2, -0.15) is 4.98 Å². The van der Waals surface area contributed by atoms with Crippen LogP contribution in [0.5, 0.6) is 0 Å². The molecule has 2 heterocycles. The predicted molar refractivity (Wildman–Crippen MR) is 71.0 cm³/mol. The van der Waals surface area contributed by atoms with Crippen LogP contribution in [0, 0.1) is 0 Å². The van der Waals surface area contributed by atoms with Gasteiger partial charge in [-0.1, -0.05) is 0 Å². The number of nitrogens with zero attached hydrogens (tertiary/aromatic N) is 2. The number of nitrogen functional groups attached to an aromatic ring is 3. The second kappa shape index (κ2) is 3.73. The maximum absolute atomic E-state index is 5.84. The lowest BCUT2D eigenvalue weighted by molar-refractivity contribution is 0.00578. The summed E-state index contributed by atoms with van der Waals surface area (Å²) in [5.74, 6) is 0.179. The van der Waals surface area contributed by atoms with Crippen LogP contribution < -0.4 is 22.8 Å². The maximum Gasteiger partial charge on any atom is 0.517 e. The van der Waals surface area contributed by atoms with E-state index in [0.717, 1.165) is 0 Å². The zero-order chi connectivity index (χ0) is 13.7. The van der Waals surface area contributed by atoms with Crippen LogP contribution in [0.2, 0.25) is 0 Å². The highest BCUT2D eigenvalue weighted by Gasteiger charge is 2.53. The van der Waals surface area contributed by atoms with E-state index in [1.54, 1.807) is 0 Å². The first kappa shape index (κ1) is 12.9. The van der Waals surface area contributed by atoms with Crippen LogP contribution in [0.25, 0.3) is 0 Å². The van der Waals surface area contributed by atoms with Crippen molar-refractivity contribution in [2.24, 2.45) is 0 Å². The van der Waals surface area contributed by atoms with E-state index in [4.69, 9.17) is 26.5 Å². The Bertz CT molecular complexity index is 475. The van der Waals surface area contributed by atoms with Crippen LogP contribution in [0.15, 0.2) is 0 Å². The van der Waals surface area contributed by atoms with Gasteiger partial charge in [0.15, 0.2) is 5.82 Å². The minimum atomic E-state index is -0.692. The molecule has 0 spiro atoms. The van der Waals surface area contributed by atoms with Gasteiger partial charge in [0, 0.05) is 0 Å². The largest absolute Gasteiger partial charge is 0.517 e. The van der Waals surface area contributed by atoms with Crippen molar-refractivity contribution in [1.82, 2.24) is 9.97 Å². The molecule has 0 aromatic carbocycles. The first-order valence-corrected chi connectivity index (χ1v) is 5.68. The average Bonchev–Trinajstić information content (AvgIpc) is 2.42. The van der Waals surface area contributed by atoms with E-state index >= 15 is 0 Å². The molecule has 1 fully saturated rings. The zero-order valence-corrected chi connectivity index (χ0v) is 11.0. The monoisotopic (exact) mass is 251 g/mol. The van der Waals surface area contributed by atoms with Crippen LogP contribution >= 0.6 is 0 Å². The topological polar surface area (TPSA) is 122 Å². The first-order chi connectivity index (χ1) is 8.14. The lowest BCUT2D eigenvalue weighted by Crippen LogP contribution is -2.41. The molecule has 1 saturated heterocycles. The van der Waals surface area contributed by atoms with Gasteiger partial charge in [-0.15, -0.1) is 0 Å². The molecule has 0 atom stereocenters. The van der Waals surface area contributed by atoms with Gasteiger partial charge < -0.3 is 26.5 Å². The summed E-state index contributed by atoms with van der Waals surface area (Å²) >= 11 is 0. The molecule has 18 heavy (non-hydrogen) atoms. The van der Waals surface area contributed by atoms with Crippen LogP contribution in [0.1, 0.15) is 27.7 Å². The smallest absolute Gasteiger partial charge is 0.398 e. The highest BCUT2D eigenvalue weighted by molar-refractivity contribution is 6.63. The molecule has 7 nitrogen and oxygen atoms in total. The van der Waals surface area contributed by atoms with Crippen molar-refractivity contribution in [2.45, 2.75) is 38.9 Å². The molecule has 1 aliphatic heterocycles. The standard InChI is InChI=1S/C10H18BN5O2/c1-9(2)10(3,4)18-11(17-9)6-5(12)7(13)16-8(14)15-6/h12H2,1-4H3,(H4,13,14,15,16). The molecular formula is C10H18BN5O2. The van der Waals surface area contributed by atoms with E-state index in [-0.39, 0.29) is 17.5 Å². The summed E-state index contributed by atoms with van der Waals surface area (Å²) in [6.07, 6.45) is 0. The Kier molecular flexibility index (Phi) is 2.67. The van der Waals surface area contributed by atoms with Crippen molar-refractivity contribution in [3.63, 3.8) is 0 Å². The van der Waals surface area contributed by atoms with Gasteiger partial charge in [0.1, 0.15) is 5.59 Å². The quantitative estimate of drug-likeness (QED) is 0.576. The van der Waals surface area contributed by atoms with Gasteiger partial charge in [0.05, 0.1) is 16.9 Å². The van der Waals surface area contributed by atoms with Gasteiger partial charge in [-0.25, -0.2) is 4.98 Å². The van der Waals surface area contributed by atoms with Crippen LogP contribution in [-0.4, -0.2) is 28.3 Å². The molecule has 1 aromatic heterocycles. The summed E-state index contributed by atoms with van der Waals surface area (Å²) in [7, 11) is -0.692. The van der Waals surface area contributed by atoms with Gasteiger partial charge in [-0.05, 0) is 27.7 Å². The third-order valence-electron chi connectivity index (χ3n) is 3.50. The Morgan fingerprint density at radius 3 is 1.94 bits per heavy atom. The minimum Gasteiger partial charge on any atom is -0.398 e. The maximum atomic E-state index is 5.84. The lowest BCUT2D eigenvalue weighted by Gasteiger charge is -2.32. The molecule has 6 N–H and O–H groups in total. The number of rotatable bonds is 1. The molecule has 1 aliphatic rings. The van der Waals surface area contributed by atoms with Crippen LogP contribution in [-0.2, 0) is 9.31 Å². The molecule has 0 aliphatic carbocycles. The fraction of sp³-hybridized carbons (Fsp3) is 0.600. The van der Waals surface area contributed by atoms with Gasteiger partial charge >= 0.3 is 7.12 Å². The molecule has 0 saturated carbocycles. The molecule has 2 rings (SSSR count). The third-order valence-corrected chi connectivity index (χ3v) is 3.50. The number of hydrogen-bond acceptors (Lipinski definition) is 7. The Balaban J connectivity index is 2.41. The van der Waals surface area contributed by atoms with Crippen molar-refractivity contribution in [3.05, 3.63) is 0 Å². The summed E-state index contributed by atoms with van der Waals surface area (Å²) < 4.78 is 11.7. The molecule has 1 aromatic rings. The highest BCUT2D eigenvalue weighted by Crippen LogP contribution is 2.36. The normalized spacial score (nSPS) is 21.2. The SMILES string of the molecule is CC1(C)OB(c2nc(N)nc(N)c2N)OC1(C)C. The fourth-order valence-corrected chi connectivity index (χ4v) is 1.66. The van der Waals surface area contributed by atoms with Gasteiger partial charge in [0.25, 0.3) is 0 Å². The van der Waals surface area contributed by atoms with E-state index in [1.807, 2.05) is 27.7 Å². The molecule has 0 unspecified atom stereocenters. The summed E-state index contributed by atoms with van der Waals surface area (Å²) in [4.78, 5) is 7.84. The average molecular weight is 251 g/mol. The number of anilines is 3. The molecular weight excluding hydrogens is 233 g/mol. The highest BCUT2D eigenvalue weighted by atomic mass is 16.7. The predicted octanol–water partition coefficient (Wildman–Crippen LogP) is -0.478. The Morgan fingerprint density at radius 1 is 0.944 bits per heavy atom. The molecule has 98 valence electrons. The number of hydrogen-bond donors (Lipinski definition) is 3. The summed E-state index contributed by atoms with van der Waals surface area (Å²) in [5, 5.41) is 0. The summed E-state index contributed by atoms with van der Waals surface area (Å²) in [6.45, 7) is 7.77. The lowest BCUT2D eigenvalue weighted by atomic mass is 9.83. The third kappa shape index (κ3) is 1.87. The Hall–Kier alpha value is -1.54. The van der Waals surface area contributed by atoms with Crippen molar-refractivity contribution in [1.29, 1.82) is 0 Å². The van der Waals surface area contributed by atoms with E-state index in [1.165, 1.54) is 0 Å². The second-order valence-corrected chi connectivity index (χ2v) is 5.35. The van der Waals surface area contributed by atoms with Crippen molar-refractivity contribution >= 4 is 30.2 Å². The Labute approximate surface area is 106 Å². The molecule has 0 bridgehead atoms. The second-order valence-electron chi connectivity index (χ2n) is 5.35. The summed E-state index contributed by atoms with van der Waals surface area (Å²) in [6, 6.07) is 0. The van der Waals surface area contributed by atoms with E-state index < -0.39 is 18.3 Å². The zero-order valence-electron chi connectivity index (χ0n) is 11.0. The van der Waals surface area contributed by atoms with Gasteiger partial charge in [-0.3, -0.25) is 0 Å². The minimum absolute atomic E-state index is 0.0476. The number of nitrogens with two attached hydrogens (primary N) is 3. The van der Waals surface area contributed by atoms with Gasteiger partial charge in [0.2, 0.25) is 5.95 Å². The van der Waals surface area contributed by atoms with Crippen LogP contribution in [0.3, 0.4) is 0 Å². The molecule has 0 amide bonds. The van der Waals surface area contributed by atoms with Crippen LogP contribution in [0.4, 0.5) is 17.5 Å². The van der Waals surface area contributed by atoms with E-state index in [9.17, 15) is 0 Å². The van der Waals surface area contributed by atoms with Crippen molar-refractivity contribution in [3.8, 4) is 0 Å². The first-order valence-electron chi connectivity index (χ1n) is 5.68. The van der Waals surface area contributed by atoms with E-state index in [2.05, 4.69) is 9.97 Å². The fourth-order valence-electron chi connectivity index (χ4n) is 1.66. The Morgan fingerprint density at radius 2 is 1.44 bits per heavy atom. The molecule has 0 radical (unpaired) electrons.